The Morgan fingerprint density at radius 2 is 1.26 bits per heavy atom. The molecule has 140 valence electrons. The molecule has 2 aromatic carbocycles. The van der Waals surface area contributed by atoms with Crippen molar-refractivity contribution in [3.05, 3.63) is 88.4 Å². The average Bonchev–Trinajstić information content (AvgIpc) is 2.69. The Kier molecular flexibility index (Phi) is 8.32. The van der Waals surface area contributed by atoms with Gasteiger partial charge in [-0.25, -0.2) is 9.59 Å². The number of methoxy groups -OCH3 is 1. The standard InChI is InChI=1S/C21H19BrO5/c1-25-19-12-8-17(9-13-19)15-27-21(24)5-3-2-4-20(23)26-14-16-6-10-18(22)11-7-16/h2-13H,14-15H2,1H3/b4-2+,5-3+. The number of hydrogen-bond acceptors (Lipinski definition) is 5. The molecule has 0 N–H and O–H groups in total. The van der Waals surface area contributed by atoms with Gasteiger partial charge >= 0.3 is 11.9 Å². The minimum Gasteiger partial charge on any atom is -0.497 e. The molecule has 0 fully saturated rings. The summed E-state index contributed by atoms with van der Waals surface area (Å²) in [5.41, 5.74) is 1.74. The molecule has 5 nitrogen and oxygen atoms in total. The van der Waals surface area contributed by atoms with Gasteiger partial charge in [-0.3, -0.25) is 0 Å². The van der Waals surface area contributed by atoms with Crippen molar-refractivity contribution in [3.63, 3.8) is 0 Å². The summed E-state index contributed by atoms with van der Waals surface area (Å²) in [6, 6.07) is 14.7. The van der Waals surface area contributed by atoms with E-state index in [1.807, 2.05) is 36.4 Å². The lowest BCUT2D eigenvalue weighted by molar-refractivity contribution is -0.140. The average molecular weight is 431 g/mol. The van der Waals surface area contributed by atoms with Gasteiger partial charge in [-0.1, -0.05) is 52.3 Å². The van der Waals surface area contributed by atoms with Gasteiger partial charge in [0.05, 0.1) is 7.11 Å². The minimum absolute atomic E-state index is 0.159. The van der Waals surface area contributed by atoms with Gasteiger partial charge in [0, 0.05) is 16.6 Å². The fourth-order valence-electron chi connectivity index (χ4n) is 1.98. The van der Waals surface area contributed by atoms with Crippen LogP contribution in [0.15, 0.2) is 77.3 Å². The van der Waals surface area contributed by atoms with E-state index in [2.05, 4.69) is 15.9 Å². The molecule has 2 rings (SSSR count). The molecular formula is C21H19BrO5. The van der Waals surface area contributed by atoms with E-state index < -0.39 is 11.9 Å². The van der Waals surface area contributed by atoms with Gasteiger partial charge in [0.1, 0.15) is 19.0 Å². The Morgan fingerprint density at radius 1 is 0.815 bits per heavy atom. The number of halogens is 1. The molecule has 0 amide bonds. The van der Waals surface area contributed by atoms with Gasteiger partial charge in [0.15, 0.2) is 0 Å². The van der Waals surface area contributed by atoms with E-state index in [1.54, 1.807) is 19.2 Å². The smallest absolute Gasteiger partial charge is 0.331 e. The minimum atomic E-state index is -0.501. The number of ether oxygens (including phenoxy) is 3. The topological polar surface area (TPSA) is 61.8 Å². The first kappa shape index (κ1) is 20.5. The van der Waals surface area contributed by atoms with Crippen LogP contribution < -0.4 is 4.74 Å². The largest absolute Gasteiger partial charge is 0.497 e. The van der Waals surface area contributed by atoms with Gasteiger partial charge in [-0.15, -0.1) is 0 Å². The monoisotopic (exact) mass is 430 g/mol. The molecule has 0 saturated heterocycles. The lowest BCUT2D eigenvalue weighted by Crippen LogP contribution is -2.01. The number of hydrogen-bond donors (Lipinski definition) is 0. The summed E-state index contributed by atoms with van der Waals surface area (Å²) in [5.74, 6) is -0.255. The summed E-state index contributed by atoms with van der Waals surface area (Å²) in [5, 5.41) is 0. The molecule has 6 heteroatoms. The lowest BCUT2D eigenvalue weighted by atomic mass is 10.2. The van der Waals surface area contributed by atoms with Crippen molar-refractivity contribution in [2.45, 2.75) is 13.2 Å². The van der Waals surface area contributed by atoms with Crippen LogP contribution in [0.5, 0.6) is 5.75 Å². The first-order chi connectivity index (χ1) is 13.1. The zero-order valence-electron chi connectivity index (χ0n) is 14.8. The molecule has 0 spiro atoms. The van der Waals surface area contributed by atoms with Crippen LogP contribution >= 0.6 is 15.9 Å². The molecule has 0 unspecified atom stereocenters. The molecule has 0 aromatic heterocycles. The number of carbonyl (C=O) groups is 2. The Morgan fingerprint density at radius 3 is 1.70 bits per heavy atom. The maximum atomic E-state index is 11.6. The Balaban J connectivity index is 1.68. The van der Waals surface area contributed by atoms with Crippen LogP contribution in [-0.4, -0.2) is 19.0 Å². The van der Waals surface area contributed by atoms with E-state index in [0.29, 0.717) is 0 Å². The van der Waals surface area contributed by atoms with E-state index in [1.165, 1.54) is 24.3 Å². The summed E-state index contributed by atoms with van der Waals surface area (Å²) >= 11 is 3.34. The zero-order chi connectivity index (χ0) is 19.5. The highest BCUT2D eigenvalue weighted by Crippen LogP contribution is 2.12. The maximum Gasteiger partial charge on any atom is 0.331 e. The second-order valence-corrected chi connectivity index (χ2v) is 6.32. The lowest BCUT2D eigenvalue weighted by Gasteiger charge is -2.03. The van der Waals surface area contributed by atoms with Crippen LogP contribution in [-0.2, 0) is 32.3 Å². The van der Waals surface area contributed by atoms with Crippen molar-refractivity contribution in [3.8, 4) is 5.75 Å². The van der Waals surface area contributed by atoms with Crippen molar-refractivity contribution >= 4 is 27.9 Å². The van der Waals surface area contributed by atoms with Crippen LogP contribution in [0.1, 0.15) is 11.1 Å². The quantitative estimate of drug-likeness (QED) is 0.353. The molecule has 0 aliphatic rings. The van der Waals surface area contributed by atoms with Crippen LogP contribution in [0.4, 0.5) is 0 Å². The van der Waals surface area contributed by atoms with Crippen molar-refractivity contribution in [1.29, 1.82) is 0 Å². The fraction of sp³-hybridized carbons (Fsp3) is 0.143. The second kappa shape index (κ2) is 11.0. The summed E-state index contributed by atoms with van der Waals surface area (Å²) in [6.45, 7) is 0.343. The second-order valence-electron chi connectivity index (χ2n) is 5.41. The van der Waals surface area contributed by atoms with Crippen molar-refractivity contribution in [2.24, 2.45) is 0 Å². The van der Waals surface area contributed by atoms with Crippen LogP contribution in [0.3, 0.4) is 0 Å². The first-order valence-electron chi connectivity index (χ1n) is 8.12. The predicted molar refractivity (Wildman–Crippen MR) is 105 cm³/mol. The number of benzene rings is 2. The van der Waals surface area contributed by atoms with E-state index in [9.17, 15) is 9.59 Å². The molecule has 27 heavy (non-hydrogen) atoms. The Hall–Kier alpha value is -2.86. The molecular weight excluding hydrogens is 412 g/mol. The molecule has 0 atom stereocenters. The molecule has 0 heterocycles. The number of rotatable bonds is 8. The highest BCUT2D eigenvalue weighted by molar-refractivity contribution is 9.10. The normalized spacial score (nSPS) is 10.9. The van der Waals surface area contributed by atoms with Gasteiger partial charge in [0.25, 0.3) is 0 Å². The van der Waals surface area contributed by atoms with E-state index in [4.69, 9.17) is 14.2 Å². The van der Waals surface area contributed by atoms with Crippen LogP contribution in [0.2, 0.25) is 0 Å². The van der Waals surface area contributed by atoms with E-state index in [0.717, 1.165) is 21.3 Å². The highest BCUT2D eigenvalue weighted by Gasteiger charge is 2.00. The third kappa shape index (κ3) is 7.92. The van der Waals surface area contributed by atoms with Gasteiger partial charge in [-0.05, 0) is 35.4 Å². The Bertz CT molecular complexity index is 807. The zero-order valence-corrected chi connectivity index (χ0v) is 16.3. The summed E-state index contributed by atoms with van der Waals surface area (Å²) in [7, 11) is 1.59. The summed E-state index contributed by atoms with van der Waals surface area (Å²) in [6.07, 6.45) is 5.34. The van der Waals surface area contributed by atoms with Crippen LogP contribution in [0, 0.1) is 0 Å². The fourth-order valence-corrected chi connectivity index (χ4v) is 2.24. The van der Waals surface area contributed by atoms with Crippen molar-refractivity contribution < 1.29 is 23.8 Å². The molecule has 0 bridgehead atoms. The third-order valence-electron chi connectivity index (χ3n) is 3.41. The summed E-state index contributed by atoms with van der Waals surface area (Å²) < 4.78 is 16.2. The molecule has 0 saturated carbocycles. The predicted octanol–water partition coefficient (Wildman–Crippen LogP) is 4.36. The van der Waals surface area contributed by atoms with Gasteiger partial charge in [-0.2, -0.15) is 0 Å². The Labute approximate surface area is 166 Å². The third-order valence-corrected chi connectivity index (χ3v) is 3.94. The number of esters is 2. The number of carbonyl (C=O) groups excluding carboxylic acids is 2. The number of allylic oxidation sites excluding steroid dienone is 2. The van der Waals surface area contributed by atoms with Gasteiger partial charge in [0.2, 0.25) is 0 Å². The summed E-state index contributed by atoms with van der Waals surface area (Å²) in [4.78, 5) is 23.2. The molecule has 2 aromatic rings. The highest BCUT2D eigenvalue weighted by atomic mass is 79.9. The SMILES string of the molecule is COc1ccc(COC(=O)/C=C/C=C/C(=O)OCc2ccc(Br)cc2)cc1. The van der Waals surface area contributed by atoms with Crippen molar-refractivity contribution in [1.82, 2.24) is 0 Å². The van der Waals surface area contributed by atoms with Gasteiger partial charge < -0.3 is 14.2 Å². The first-order valence-corrected chi connectivity index (χ1v) is 8.92. The van der Waals surface area contributed by atoms with Crippen LogP contribution in [0.25, 0.3) is 0 Å². The van der Waals surface area contributed by atoms with Crippen molar-refractivity contribution in [2.75, 3.05) is 7.11 Å². The van der Waals surface area contributed by atoms with E-state index in [-0.39, 0.29) is 13.2 Å². The molecule has 0 aliphatic carbocycles. The molecule has 0 radical (unpaired) electrons. The maximum absolute atomic E-state index is 11.6. The molecule has 0 aliphatic heterocycles. The van der Waals surface area contributed by atoms with E-state index >= 15 is 0 Å².